The van der Waals surface area contributed by atoms with Crippen molar-refractivity contribution >= 4 is 22.5 Å². The number of nitrogens with two attached hydrogens (primary N) is 1. The largest absolute Gasteiger partial charge is 0.383 e. The standard InChI is InChI=1S/C22H18N6/c23-11-17-12-26-20-7-6-16(18-13-27-22(24)28-14-18)10-19(20)21(17)25-9-8-15-4-2-1-3-5-15/h1-7,10,12-14H,8-9H2,(H,25,26)(H2,24,27,28). The third-order valence-electron chi connectivity index (χ3n) is 4.55. The maximum absolute atomic E-state index is 9.55. The molecule has 0 spiro atoms. The summed E-state index contributed by atoms with van der Waals surface area (Å²) in [6.45, 7) is 0.715. The van der Waals surface area contributed by atoms with Gasteiger partial charge >= 0.3 is 0 Å². The zero-order valence-corrected chi connectivity index (χ0v) is 15.1. The molecular weight excluding hydrogens is 348 g/mol. The molecule has 0 saturated heterocycles. The lowest BCUT2D eigenvalue weighted by Gasteiger charge is -2.12. The highest BCUT2D eigenvalue weighted by Crippen LogP contribution is 2.30. The Morgan fingerprint density at radius 1 is 0.929 bits per heavy atom. The Kier molecular flexibility index (Phi) is 4.81. The molecule has 4 rings (SSSR count). The SMILES string of the molecule is N#Cc1cnc2ccc(-c3cnc(N)nc3)cc2c1NCCc1ccccc1. The van der Waals surface area contributed by atoms with Crippen LogP contribution in [-0.2, 0) is 6.42 Å². The summed E-state index contributed by atoms with van der Waals surface area (Å²) in [5.74, 6) is 0.237. The van der Waals surface area contributed by atoms with Gasteiger partial charge in [0.05, 0.1) is 16.8 Å². The number of nitriles is 1. The molecule has 2 heterocycles. The Balaban J connectivity index is 1.69. The molecule has 0 aliphatic rings. The van der Waals surface area contributed by atoms with E-state index in [4.69, 9.17) is 5.73 Å². The lowest BCUT2D eigenvalue weighted by atomic mass is 10.0. The van der Waals surface area contributed by atoms with E-state index in [0.29, 0.717) is 12.1 Å². The van der Waals surface area contributed by atoms with Gasteiger partial charge in [0.15, 0.2) is 0 Å². The number of nitrogen functional groups attached to an aromatic ring is 1. The quantitative estimate of drug-likeness (QED) is 0.557. The fourth-order valence-electron chi connectivity index (χ4n) is 3.11. The van der Waals surface area contributed by atoms with Gasteiger partial charge in [0, 0.05) is 36.1 Å². The van der Waals surface area contributed by atoms with Gasteiger partial charge in [-0.15, -0.1) is 0 Å². The summed E-state index contributed by atoms with van der Waals surface area (Å²) < 4.78 is 0. The molecule has 3 N–H and O–H groups in total. The summed E-state index contributed by atoms with van der Waals surface area (Å²) in [5.41, 5.74) is 10.8. The smallest absolute Gasteiger partial charge is 0.219 e. The highest BCUT2D eigenvalue weighted by Gasteiger charge is 2.10. The van der Waals surface area contributed by atoms with Crippen molar-refractivity contribution in [2.75, 3.05) is 17.6 Å². The molecule has 136 valence electrons. The monoisotopic (exact) mass is 366 g/mol. The minimum atomic E-state index is 0.237. The van der Waals surface area contributed by atoms with Crippen LogP contribution in [0, 0.1) is 11.3 Å². The first-order chi connectivity index (χ1) is 13.7. The summed E-state index contributed by atoms with van der Waals surface area (Å²) in [4.78, 5) is 12.5. The number of nitrogens with zero attached hydrogens (tertiary/aromatic N) is 4. The number of benzene rings is 2. The van der Waals surface area contributed by atoms with Crippen LogP contribution in [0.5, 0.6) is 0 Å². The first-order valence-electron chi connectivity index (χ1n) is 8.93. The predicted molar refractivity (Wildman–Crippen MR) is 111 cm³/mol. The van der Waals surface area contributed by atoms with Crippen LogP contribution in [0.4, 0.5) is 11.6 Å². The Morgan fingerprint density at radius 3 is 2.46 bits per heavy atom. The summed E-state index contributed by atoms with van der Waals surface area (Å²) in [7, 11) is 0. The highest BCUT2D eigenvalue weighted by molar-refractivity contribution is 5.96. The van der Waals surface area contributed by atoms with Crippen LogP contribution in [0.2, 0.25) is 0 Å². The van der Waals surface area contributed by atoms with Crippen LogP contribution >= 0.6 is 0 Å². The van der Waals surface area contributed by atoms with Crippen molar-refractivity contribution in [3.8, 4) is 17.2 Å². The molecule has 6 heteroatoms. The van der Waals surface area contributed by atoms with Crippen molar-refractivity contribution < 1.29 is 0 Å². The molecule has 0 aliphatic heterocycles. The van der Waals surface area contributed by atoms with E-state index in [9.17, 15) is 5.26 Å². The van der Waals surface area contributed by atoms with Crippen molar-refractivity contribution in [3.05, 3.63) is 78.2 Å². The number of nitrogens with one attached hydrogen (secondary N) is 1. The predicted octanol–water partition coefficient (Wildman–Crippen LogP) is 3.80. The summed E-state index contributed by atoms with van der Waals surface area (Å²) in [6, 6.07) is 18.4. The maximum Gasteiger partial charge on any atom is 0.219 e. The third kappa shape index (κ3) is 3.60. The molecule has 0 radical (unpaired) electrons. The Labute approximate surface area is 162 Å². The van der Waals surface area contributed by atoms with Crippen LogP contribution in [-0.4, -0.2) is 21.5 Å². The van der Waals surface area contributed by atoms with Crippen molar-refractivity contribution in [3.63, 3.8) is 0 Å². The van der Waals surface area contributed by atoms with E-state index < -0.39 is 0 Å². The topological polar surface area (TPSA) is 101 Å². The summed E-state index contributed by atoms with van der Waals surface area (Å²) in [5, 5.41) is 13.9. The summed E-state index contributed by atoms with van der Waals surface area (Å²) >= 11 is 0. The average Bonchev–Trinajstić information content (AvgIpc) is 2.75. The number of fused-ring (bicyclic) bond motifs is 1. The van der Waals surface area contributed by atoms with Crippen molar-refractivity contribution in [1.82, 2.24) is 15.0 Å². The zero-order valence-electron chi connectivity index (χ0n) is 15.1. The van der Waals surface area contributed by atoms with E-state index in [-0.39, 0.29) is 5.95 Å². The summed E-state index contributed by atoms with van der Waals surface area (Å²) in [6.07, 6.45) is 5.85. The average molecular weight is 366 g/mol. The van der Waals surface area contributed by atoms with Crippen molar-refractivity contribution in [1.29, 1.82) is 5.26 Å². The lowest BCUT2D eigenvalue weighted by Crippen LogP contribution is -2.07. The molecule has 0 fully saturated rings. The minimum Gasteiger partial charge on any atom is -0.383 e. The fraction of sp³-hybridized carbons (Fsp3) is 0.0909. The molecule has 2 aromatic carbocycles. The van der Waals surface area contributed by atoms with Gasteiger partial charge in [-0.25, -0.2) is 9.97 Å². The fourth-order valence-corrected chi connectivity index (χ4v) is 3.11. The molecule has 0 atom stereocenters. The minimum absolute atomic E-state index is 0.237. The Bertz CT molecular complexity index is 1150. The van der Waals surface area contributed by atoms with Gasteiger partial charge < -0.3 is 11.1 Å². The van der Waals surface area contributed by atoms with Gasteiger partial charge in [-0.05, 0) is 29.7 Å². The molecule has 0 bridgehead atoms. The van der Waals surface area contributed by atoms with E-state index >= 15 is 0 Å². The molecule has 0 amide bonds. The van der Waals surface area contributed by atoms with Gasteiger partial charge in [-0.1, -0.05) is 36.4 Å². The molecule has 2 aromatic heterocycles. The number of rotatable bonds is 5. The lowest BCUT2D eigenvalue weighted by molar-refractivity contribution is 1.02. The third-order valence-corrected chi connectivity index (χ3v) is 4.55. The maximum atomic E-state index is 9.55. The van der Waals surface area contributed by atoms with E-state index in [2.05, 4.69) is 38.5 Å². The first kappa shape index (κ1) is 17.4. The van der Waals surface area contributed by atoms with Crippen LogP contribution in [0.3, 0.4) is 0 Å². The molecular formula is C22H18N6. The highest BCUT2D eigenvalue weighted by atomic mass is 15.0. The molecule has 0 unspecified atom stereocenters. The van der Waals surface area contributed by atoms with Crippen LogP contribution in [0.15, 0.2) is 67.1 Å². The normalized spacial score (nSPS) is 10.5. The van der Waals surface area contributed by atoms with Crippen LogP contribution in [0.25, 0.3) is 22.0 Å². The number of hydrogen-bond acceptors (Lipinski definition) is 6. The Morgan fingerprint density at radius 2 is 1.71 bits per heavy atom. The first-order valence-corrected chi connectivity index (χ1v) is 8.93. The van der Waals surface area contributed by atoms with Crippen molar-refractivity contribution in [2.45, 2.75) is 6.42 Å². The second-order valence-corrected chi connectivity index (χ2v) is 6.38. The van der Waals surface area contributed by atoms with E-state index in [0.717, 1.165) is 34.1 Å². The molecule has 0 saturated carbocycles. The van der Waals surface area contributed by atoms with E-state index in [1.807, 2.05) is 36.4 Å². The van der Waals surface area contributed by atoms with Gasteiger partial charge in [0.1, 0.15) is 6.07 Å². The van der Waals surface area contributed by atoms with Gasteiger partial charge in [0.2, 0.25) is 5.95 Å². The van der Waals surface area contributed by atoms with E-state index in [1.54, 1.807) is 18.6 Å². The van der Waals surface area contributed by atoms with Crippen LogP contribution < -0.4 is 11.1 Å². The number of pyridine rings is 1. The Hall–Kier alpha value is -3.98. The molecule has 28 heavy (non-hydrogen) atoms. The number of aromatic nitrogens is 3. The van der Waals surface area contributed by atoms with Crippen molar-refractivity contribution in [2.24, 2.45) is 0 Å². The zero-order chi connectivity index (χ0) is 19.3. The molecule has 6 nitrogen and oxygen atoms in total. The molecule has 0 aliphatic carbocycles. The second-order valence-electron chi connectivity index (χ2n) is 6.38. The van der Waals surface area contributed by atoms with Gasteiger partial charge in [0.25, 0.3) is 0 Å². The van der Waals surface area contributed by atoms with E-state index in [1.165, 1.54) is 5.56 Å². The number of anilines is 2. The second kappa shape index (κ2) is 7.72. The van der Waals surface area contributed by atoms with Gasteiger partial charge in [-0.3, -0.25) is 4.98 Å². The van der Waals surface area contributed by atoms with Gasteiger partial charge in [-0.2, -0.15) is 5.26 Å². The van der Waals surface area contributed by atoms with Crippen LogP contribution in [0.1, 0.15) is 11.1 Å². The number of hydrogen-bond donors (Lipinski definition) is 2. The molecule has 4 aromatic rings.